The summed E-state index contributed by atoms with van der Waals surface area (Å²) in [4.78, 5) is 2.16. The lowest BCUT2D eigenvalue weighted by molar-refractivity contribution is 0.191. The Hall–Kier alpha value is -0.940. The van der Waals surface area contributed by atoms with Crippen LogP contribution in [0.15, 0.2) is 24.3 Å². The first-order valence-corrected chi connectivity index (χ1v) is 8.86. The number of nitrogens with zero attached hydrogens (tertiary/aromatic N) is 1. The molecule has 0 saturated carbocycles. The van der Waals surface area contributed by atoms with Crippen LogP contribution in [-0.4, -0.2) is 44.0 Å². The number of halogens is 1. The Kier molecular flexibility index (Phi) is 4.81. The van der Waals surface area contributed by atoms with Crippen molar-refractivity contribution in [2.45, 2.75) is 38.3 Å². The lowest BCUT2D eigenvalue weighted by atomic mass is 10.0. The van der Waals surface area contributed by atoms with Crippen LogP contribution in [0.4, 0.5) is 4.39 Å². The molecule has 0 radical (unpaired) electrons. The van der Waals surface area contributed by atoms with Crippen LogP contribution in [0.5, 0.6) is 0 Å². The Labute approximate surface area is 120 Å². The molecule has 0 amide bonds. The van der Waals surface area contributed by atoms with Crippen LogP contribution in [0.3, 0.4) is 0 Å². The van der Waals surface area contributed by atoms with Crippen molar-refractivity contribution in [2.24, 2.45) is 0 Å². The summed E-state index contributed by atoms with van der Waals surface area (Å²) in [6.07, 6.45) is 2.43. The van der Waals surface area contributed by atoms with Gasteiger partial charge in [0.1, 0.15) is 5.82 Å². The molecule has 2 atom stereocenters. The van der Waals surface area contributed by atoms with Gasteiger partial charge in [-0.05, 0) is 50.9 Å². The van der Waals surface area contributed by atoms with Gasteiger partial charge in [-0.25, -0.2) is 12.8 Å². The summed E-state index contributed by atoms with van der Waals surface area (Å²) in [5.74, 6) is 0.372. The summed E-state index contributed by atoms with van der Waals surface area (Å²) < 4.78 is 36.1. The Morgan fingerprint density at radius 1 is 1.45 bits per heavy atom. The van der Waals surface area contributed by atoms with Crippen molar-refractivity contribution in [3.63, 3.8) is 0 Å². The Morgan fingerprint density at radius 2 is 2.20 bits per heavy atom. The number of aryl methyl sites for hydroxylation is 1. The highest BCUT2D eigenvalue weighted by atomic mass is 32.2. The molecule has 0 aromatic heterocycles. The second kappa shape index (κ2) is 6.22. The maximum atomic E-state index is 13.1. The van der Waals surface area contributed by atoms with Gasteiger partial charge in [0.25, 0.3) is 0 Å². The quantitative estimate of drug-likeness (QED) is 0.837. The predicted octanol–water partition coefficient (Wildman–Crippen LogP) is 2.27. The average molecular weight is 299 g/mol. The van der Waals surface area contributed by atoms with Crippen LogP contribution in [0.25, 0.3) is 0 Å². The molecule has 0 N–H and O–H groups in total. The maximum Gasteiger partial charge on any atom is 0.151 e. The van der Waals surface area contributed by atoms with E-state index in [2.05, 4.69) is 11.8 Å². The molecule has 1 aliphatic heterocycles. The summed E-state index contributed by atoms with van der Waals surface area (Å²) in [5, 5.41) is 0. The van der Waals surface area contributed by atoms with Gasteiger partial charge in [-0.15, -0.1) is 0 Å². The summed E-state index contributed by atoms with van der Waals surface area (Å²) in [7, 11) is -0.850. The number of rotatable bonds is 5. The van der Waals surface area contributed by atoms with Gasteiger partial charge in [0, 0.05) is 12.1 Å². The molecule has 1 aromatic rings. The third-order valence-electron chi connectivity index (χ3n) is 4.22. The SMILES string of the molecule is C[C@H](CCc1cccc(F)c1)N(C)[C@@H]1CCS(=O)(=O)C1. The van der Waals surface area contributed by atoms with Gasteiger partial charge in [0.2, 0.25) is 0 Å². The monoisotopic (exact) mass is 299 g/mol. The third-order valence-corrected chi connectivity index (χ3v) is 5.97. The van der Waals surface area contributed by atoms with E-state index in [4.69, 9.17) is 0 Å². The van der Waals surface area contributed by atoms with E-state index in [9.17, 15) is 12.8 Å². The molecule has 0 spiro atoms. The predicted molar refractivity (Wildman–Crippen MR) is 79.0 cm³/mol. The molecule has 0 aliphatic carbocycles. The summed E-state index contributed by atoms with van der Waals surface area (Å²) >= 11 is 0. The molecular weight excluding hydrogens is 277 g/mol. The first-order chi connectivity index (χ1) is 9.37. The Morgan fingerprint density at radius 3 is 2.80 bits per heavy atom. The summed E-state index contributed by atoms with van der Waals surface area (Å²) in [5.41, 5.74) is 0.990. The zero-order valence-electron chi connectivity index (χ0n) is 12.0. The second-order valence-electron chi connectivity index (χ2n) is 5.74. The first kappa shape index (κ1) is 15.4. The van der Waals surface area contributed by atoms with Crippen LogP contribution in [0, 0.1) is 5.82 Å². The van der Waals surface area contributed by atoms with Crippen molar-refractivity contribution in [1.29, 1.82) is 0 Å². The van der Waals surface area contributed by atoms with Crippen molar-refractivity contribution >= 4 is 9.84 Å². The van der Waals surface area contributed by atoms with E-state index < -0.39 is 9.84 Å². The summed E-state index contributed by atoms with van der Waals surface area (Å²) in [6.45, 7) is 2.10. The lowest BCUT2D eigenvalue weighted by Crippen LogP contribution is -2.39. The maximum absolute atomic E-state index is 13.1. The highest BCUT2D eigenvalue weighted by Gasteiger charge is 2.32. The molecule has 0 unspecified atom stereocenters. The molecular formula is C15H22FNO2S. The van der Waals surface area contributed by atoms with E-state index in [1.54, 1.807) is 12.1 Å². The van der Waals surface area contributed by atoms with E-state index in [-0.39, 0.29) is 23.7 Å². The molecule has 1 heterocycles. The molecule has 112 valence electrons. The number of sulfone groups is 1. The average Bonchev–Trinajstić information content (AvgIpc) is 2.75. The minimum absolute atomic E-state index is 0.127. The van der Waals surface area contributed by atoms with Crippen LogP contribution in [0.2, 0.25) is 0 Å². The van der Waals surface area contributed by atoms with Crippen molar-refractivity contribution in [2.75, 3.05) is 18.6 Å². The van der Waals surface area contributed by atoms with E-state index in [0.717, 1.165) is 24.8 Å². The highest BCUT2D eigenvalue weighted by Crippen LogP contribution is 2.20. The smallest absolute Gasteiger partial charge is 0.151 e. The van der Waals surface area contributed by atoms with Gasteiger partial charge in [-0.2, -0.15) is 0 Å². The van der Waals surface area contributed by atoms with Crippen molar-refractivity contribution in [3.8, 4) is 0 Å². The molecule has 2 rings (SSSR count). The van der Waals surface area contributed by atoms with E-state index in [0.29, 0.717) is 5.75 Å². The number of hydrogen-bond acceptors (Lipinski definition) is 3. The number of benzene rings is 1. The Bertz CT molecular complexity index is 559. The van der Waals surface area contributed by atoms with Gasteiger partial charge in [-0.1, -0.05) is 12.1 Å². The van der Waals surface area contributed by atoms with Gasteiger partial charge in [0.15, 0.2) is 9.84 Å². The van der Waals surface area contributed by atoms with Crippen LogP contribution in [-0.2, 0) is 16.3 Å². The molecule has 0 bridgehead atoms. The minimum atomic E-state index is -2.84. The number of hydrogen-bond donors (Lipinski definition) is 0. The van der Waals surface area contributed by atoms with Gasteiger partial charge in [0.05, 0.1) is 11.5 Å². The van der Waals surface area contributed by atoms with E-state index in [1.165, 1.54) is 6.07 Å². The first-order valence-electron chi connectivity index (χ1n) is 7.04. The van der Waals surface area contributed by atoms with Crippen LogP contribution >= 0.6 is 0 Å². The van der Waals surface area contributed by atoms with Crippen LogP contribution < -0.4 is 0 Å². The lowest BCUT2D eigenvalue weighted by Gasteiger charge is -2.29. The molecule has 1 saturated heterocycles. The topological polar surface area (TPSA) is 37.4 Å². The fourth-order valence-electron chi connectivity index (χ4n) is 2.73. The molecule has 5 heteroatoms. The zero-order chi connectivity index (χ0) is 14.8. The molecule has 20 heavy (non-hydrogen) atoms. The fourth-order valence-corrected chi connectivity index (χ4v) is 4.51. The zero-order valence-corrected chi connectivity index (χ0v) is 12.9. The van der Waals surface area contributed by atoms with Crippen molar-refractivity contribution in [1.82, 2.24) is 4.90 Å². The molecule has 3 nitrogen and oxygen atoms in total. The van der Waals surface area contributed by atoms with Crippen LogP contribution in [0.1, 0.15) is 25.3 Å². The minimum Gasteiger partial charge on any atom is -0.300 e. The van der Waals surface area contributed by atoms with E-state index in [1.807, 2.05) is 13.1 Å². The highest BCUT2D eigenvalue weighted by molar-refractivity contribution is 7.91. The third kappa shape index (κ3) is 4.03. The summed E-state index contributed by atoms with van der Waals surface area (Å²) in [6, 6.07) is 7.08. The molecule has 1 fully saturated rings. The Balaban J connectivity index is 1.87. The second-order valence-corrected chi connectivity index (χ2v) is 7.97. The molecule has 1 aliphatic rings. The van der Waals surface area contributed by atoms with Crippen molar-refractivity contribution in [3.05, 3.63) is 35.6 Å². The van der Waals surface area contributed by atoms with Gasteiger partial charge in [-0.3, -0.25) is 4.90 Å². The molecule has 1 aromatic carbocycles. The van der Waals surface area contributed by atoms with Gasteiger partial charge < -0.3 is 0 Å². The van der Waals surface area contributed by atoms with Crippen molar-refractivity contribution < 1.29 is 12.8 Å². The normalized spacial score (nSPS) is 23.1. The van der Waals surface area contributed by atoms with E-state index >= 15 is 0 Å². The fraction of sp³-hybridized carbons (Fsp3) is 0.600. The van der Waals surface area contributed by atoms with Gasteiger partial charge >= 0.3 is 0 Å². The standard InChI is InChI=1S/C15H22FNO2S/c1-12(6-7-13-4-3-5-14(16)10-13)17(2)15-8-9-20(18,19)11-15/h3-5,10,12,15H,6-9,11H2,1-2H3/t12-,15-/m1/s1. The largest absolute Gasteiger partial charge is 0.300 e.